The average Bonchev–Trinajstić information content (AvgIpc) is 2.91. The number of nitrogens with zero attached hydrogens (tertiary/aromatic N) is 1. The lowest BCUT2D eigenvalue weighted by Gasteiger charge is -2.24. The fourth-order valence-corrected chi connectivity index (χ4v) is 5.16. The summed E-state index contributed by atoms with van der Waals surface area (Å²) in [6.07, 6.45) is 27.9. The molecule has 0 aromatic heterocycles. The highest BCUT2D eigenvalue weighted by Gasteiger charge is 2.25. The molecule has 0 heterocycles. The summed E-state index contributed by atoms with van der Waals surface area (Å²) in [6.45, 7) is 1.98. The number of esters is 1. The Balaban J connectivity index is 3.57. The van der Waals surface area contributed by atoms with Crippen LogP contribution in [0.5, 0.6) is 0 Å². The molecular formula is C32H65NO7P+. The molecule has 0 bridgehead atoms. The van der Waals surface area contributed by atoms with Crippen LogP contribution < -0.4 is 0 Å². The molecule has 0 rings (SSSR count). The Morgan fingerprint density at radius 1 is 0.756 bits per heavy atom. The Labute approximate surface area is 252 Å². The Hall–Kier alpha value is -0.760. The maximum Gasteiger partial charge on any atom is 0.472 e. The standard InChI is InChI=1S/C32H64NO7P/c1-5-6-7-8-9-10-11-12-13-14-15-16-17-18-19-20-21-22-23-24-25-26-32(35)40-31(29-34)30-39-41(36,37)38-28-27-33(2,3)4/h12-13,31,34H,5-11,14-30H2,1-4H3/p+1/t31-/m0/s1. The van der Waals surface area contributed by atoms with E-state index in [1.807, 2.05) is 21.1 Å². The number of hydrogen-bond donors (Lipinski definition) is 2. The molecule has 0 radical (unpaired) electrons. The zero-order chi connectivity index (χ0) is 30.7. The molecule has 2 N–H and O–H groups in total. The number of likely N-dealkylation sites (N-methyl/N-ethyl adjacent to an activating group) is 1. The van der Waals surface area contributed by atoms with Crippen molar-refractivity contribution in [1.82, 2.24) is 0 Å². The zero-order valence-electron chi connectivity index (χ0n) is 27.0. The van der Waals surface area contributed by atoms with Gasteiger partial charge in [-0.25, -0.2) is 4.57 Å². The van der Waals surface area contributed by atoms with Crippen LogP contribution in [-0.4, -0.2) is 74.1 Å². The summed E-state index contributed by atoms with van der Waals surface area (Å²) in [5.41, 5.74) is 0. The van der Waals surface area contributed by atoms with Gasteiger partial charge in [0.2, 0.25) is 0 Å². The highest BCUT2D eigenvalue weighted by Crippen LogP contribution is 2.43. The van der Waals surface area contributed by atoms with Crippen molar-refractivity contribution in [2.45, 2.75) is 141 Å². The zero-order valence-corrected chi connectivity index (χ0v) is 27.9. The molecule has 0 spiro atoms. The Bertz CT molecular complexity index is 681. The molecule has 8 nitrogen and oxygen atoms in total. The van der Waals surface area contributed by atoms with Crippen molar-refractivity contribution in [3.05, 3.63) is 12.2 Å². The first kappa shape index (κ1) is 40.2. The minimum absolute atomic E-state index is 0.0539. The van der Waals surface area contributed by atoms with Crippen molar-refractivity contribution in [3.63, 3.8) is 0 Å². The molecule has 0 saturated carbocycles. The molecule has 244 valence electrons. The van der Waals surface area contributed by atoms with Crippen LogP contribution in [0.2, 0.25) is 0 Å². The van der Waals surface area contributed by atoms with Gasteiger partial charge in [0, 0.05) is 6.42 Å². The number of quaternary nitrogens is 1. The molecular weight excluding hydrogens is 541 g/mol. The van der Waals surface area contributed by atoms with E-state index in [4.69, 9.17) is 13.8 Å². The number of carbonyl (C=O) groups excluding carboxylic acids is 1. The van der Waals surface area contributed by atoms with Crippen molar-refractivity contribution < 1.29 is 37.6 Å². The van der Waals surface area contributed by atoms with Gasteiger partial charge in [0.1, 0.15) is 19.3 Å². The molecule has 0 amide bonds. The van der Waals surface area contributed by atoms with Crippen molar-refractivity contribution >= 4 is 13.8 Å². The first-order valence-corrected chi connectivity index (χ1v) is 18.0. The van der Waals surface area contributed by atoms with E-state index in [0.717, 1.165) is 19.3 Å². The minimum atomic E-state index is -4.26. The molecule has 2 atom stereocenters. The van der Waals surface area contributed by atoms with E-state index in [2.05, 4.69) is 19.1 Å². The van der Waals surface area contributed by atoms with E-state index in [0.29, 0.717) is 11.0 Å². The largest absolute Gasteiger partial charge is 0.472 e. The molecule has 0 aliphatic rings. The molecule has 0 aromatic carbocycles. The Morgan fingerprint density at radius 3 is 1.68 bits per heavy atom. The average molecular weight is 607 g/mol. The number of ether oxygens (including phenoxy) is 1. The second-order valence-electron chi connectivity index (χ2n) is 12.4. The first-order chi connectivity index (χ1) is 19.6. The van der Waals surface area contributed by atoms with Crippen molar-refractivity contribution in [1.29, 1.82) is 0 Å². The summed E-state index contributed by atoms with van der Waals surface area (Å²) in [5.74, 6) is -0.431. The summed E-state index contributed by atoms with van der Waals surface area (Å²) in [4.78, 5) is 21.8. The van der Waals surface area contributed by atoms with E-state index >= 15 is 0 Å². The quantitative estimate of drug-likeness (QED) is 0.0280. The molecule has 41 heavy (non-hydrogen) atoms. The normalized spacial score (nSPS) is 14.4. The summed E-state index contributed by atoms with van der Waals surface area (Å²) in [6, 6.07) is 0. The maximum atomic E-state index is 12.1. The number of aliphatic hydroxyl groups excluding tert-OH is 1. The third-order valence-electron chi connectivity index (χ3n) is 7.08. The van der Waals surface area contributed by atoms with Crippen LogP contribution in [0.3, 0.4) is 0 Å². The van der Waals surface area contributed by atoms with E-state index in [1.54, 1.807) is 0 Å². The molecule has 9 heteroatoms. The maximum absolute atomic E-state index is 12.1. The summed E-state index contributed by atoms with van der Waals surface area (Å²) in [7, 11) is 1.55. The van der Waals surface area contributed by atoms with E-state index in [1.165, 1.54) is 103 Å². The number of allylic oxidation sites excluding steroid dienone is 2. The van der Waals surface area contributed by atoms with Gasteiger partial charge in [-0.15, -0.1) is 0 Å². The van der Waals surface area contributed by atoms with Crippen LogP contribution in [0.4, 0.5) is 0 Å². The predicted molar refractivity (Wildman–Crippen MR) is 169 cm³/mol. The summed E-state index contributed by atoms with van der Waals surface area (Å²) < 4.78 is 27.5. The van der Waals surface area contributed by atoms with Crippen LogP contribution in [0, 0.1) is 0 Å². The van der Waals surface area contributed by atoms with Gasteiger partial charge in [0.05, 0.1) is 34.4 Å². The number of rotatable bonds is 30. The number of unbranched alkanes of at least 4 members (excludes halogenated alkanes) is 17. The van der Waals surface area contributed by atoms with E-state index in [-0.39, 0.29) is 13.0 Å². The number of phosphoric ester groups is 1. The van der Waals surface area contributed by atoms with Gasteiger partial charge in [-0.3, -0.25) is 13.8 Å². The van der Waals surface area contributed by atoms with Crippen LogP contribution in [0.25, 0.3) is 0 Å². The third-order valence-corrected chi connectivity index (χ3v) is 8.07. The van der Waals surface area contributed by atoms with Crippen LogP contribution in [0.1, 0.15) is 135 Å². The molecule has 0 fully saturated rings. The highest BCUT2D eigenvalue weighted by molar-refractivity contribution is 7.47. The summed E-state index contributed by atoms with van der Waals surface area (Å²) in [5, 5.41) is 9.43. The second-order valence-corrected chi connectivity index (χ2v) is 13.8. The van der Waals surface area contributed by atoms with Crippen molar-refractivity contribution in [2.24, 2.45) is 0 Å². The van der Waals surface area contributed by atoms with Gasteiger partial charge in [-0.05, 0) is 32.1 Å². The lowest BCUT2D eigenvalue weighted by atomic mass is 10.0. The number of aliphatic hydroxyl groups is 1. The molecule has 0 saturated heterocycles. The van der Waals surface area contributed by atoms with Gasteiger partial charge >= 0.3 is 13.8 Å². The number of carbonyl (C=O) groups is 1. The van der Waals surface area contributed by atoms with Crippen LogP contribution >= 0.6 is 7.82 Å². The fourth-order valence-electron chi connectivity index (χ4n) is 4.41. The van der Waals surface area contributed by atoms with Crippen molar-refractivity contribution in [2.75, 3.05) is 47.5 Å². The molecule has 0 aromatic rings. The van der Waals surface area contributed by atoms with E-state index < -0.39 is 33.1 Å². The third kappa shape index (κ3) is 30.5. The minimum Gasteiger partial charge on any atom is -0.457 e. The Morgan fingerprint density at radius 2 is 1.22 bits per heavy atom. The monoisotopic (exact) mass is 606 g/mol. The van der Waals surface area contributed by atoms with Gasteiger partial charge in [0.25, 0.3) is 0 Å². The van der Waals surface area contributed by atoms with Crippen molar-refractivity contribution in [3.8, 4) is 0 Å². The molecule has 1 unspecified atom stereocenters. The van der Waals surface area contributed by atoms with Gasteiger partial charge in [0.15, 0.2) is 0 Å². The van der Waals surface area contributed by atoms with Gasteiger partial charge < -0.3 is 19.2 Å². The van der Waals surface area contributed by atoms with Gasteiger partial charge in [-0.1, -0.05) is 109 Å². The number of hydrogen-bond acceptors (Lipinski definition) is 6. The fraction of sp³-hybridized carbons (Fsp3) is 0.906. The smallest absolute Gasteiger partial charge is 0.457 e. The van der Waals surface area contributed by atoms with Crippen LogP contribution in [-0.2, 0) is 23.1 Å². The number of phosphoric acid groups is 1. The topological polar surface area (TPSA) is 102 Å². The predicted octanol–water partition coefficient (Wildman–Crippen LogP) is 8.11. The summed E-state index contributed by atoms with van der Waals surface area (Å²) >= 11 is 0. The highest BCUT2D eigenvalue weighted by atomic mass is 31.2. The second kappa shape index (κ2) is 26.8. The lowest BCUT2D eigenvalue weighted by Crippen LogP contribution is -2.37. The van der Waals surface area contributed by atoms with Crippen LogP contribution in [0.15, 0.2) is 12.2 Å². The van der Waals surface area contributed by atoms with E-state index in [9.17, 15) is 19.4 Å². The first-order valence-electron chi connectivity index (χ1n) is 16.5. The molecule has 0 aliphatic heterocycles. The Kier molecular flexibility index (Phi) is 26.3. The molecule has 0 aliphatic carbocycles. The van der Waals surface area contributed by atoms with Gasteiger partial charge in [-0.2, -0.15) is 0 Å². The lowest BCUT2D eigenvalue weighted by molar-refractivity contribution is -0.870. The SMILES string of the molecule is CCCCCCCCC=CCCCCCCCCCCCCCC(=O)O[C@@H](CO)COP(=O)(O)OCC[N+](C)(C)C.